The van der Waals surface area contributed by atoms with Crippen LogP contribution in [0.25, 0.3) is 0 Å². The van der Waals surface area contributed by atoms with Crippen LogP contribution in [0.1, 0.15) is 13.8 Å². The van der Waals surface area contributed by atoms with E-state index in [0.29, 0.717) is 0 Å². The predicted molar refractivity (Wildman–Crippen MR) is 39.4 cm³/mol. The van der Waals surface area contributed by atoms with E-state index in [4.69, 9.17) is 5.11 Å². The second kappa shape index (κ2) is 4.43. The van der Waals surface area contributed by atoms with Gasteiger partial charge >= 0.3 is 5.97 Å². The molecule has 0 amide bonds. The number of nitrogens with zero attached hydrogens (tertiary/aromatic N) is 1. The van der Waals surface area contributed by atoms with E-state index in [9.17, 15) is 9.59 Å². The molecule has 0 aliphatic heterocycles. The van der Waals surface area contributed by atoms with Crippen LogP contribution in [0.2, 0.25) is 0 Å². The lowest BCUT2D eigenvalue weighted by molar-refractivity contribution is -0.136. The number of hydrogen-bond donors (Lipinski definition) is 2. The molecular weight excluding hydrogens is 148 g/mol. The van der Waals surface area contributed by atoms with Crippen LogP contribution in [0.15, 0.2) is 5.10 Å². The van der Waals surface area contributed by atoms with Crippen molar-refractivity contribution in [3.8, 4) is 0 Å². The summed E-state index contributed by atoms with van der Waals surface area (Å²) < 4.78 is 0. The molecule has 0 saturated carbocycles. The lowest BCUT2D eigenvalue weighted by atomic mass is 10.3. The molecule has 0 saturated heterocycles. The van der Waals surface area contributed by atoms with Crippen molar-refractivity contribution in [3.63, 3.8) is 0 Å². The number of hydrogen-bond acceptors (Lipinski definition) is 4. The van der Waals surface area contributed by atoms with Gasteiger partial charge in [-0.1, -0.05) is 0 Å². The molecule has 0 spiro atoms. The predicted octanol–water partition coefficient (Wildman–Crippen LogP) is -0.374. The maximum atomic E-state index is 10.5. The van der Waals surface area contributed by atoms with Crippen molar-refractivity contribution in [2.45, 2.75) is 13.8 Å². The molecule has 0 radical (unpaired) electrons. The molecule has 0 aliphatic carbocycles. The molecule has 0 aromatic carbocycles. The first-order chi connectivity index (χ1) is 5.04. The Bertz CT molecular complexity index is 198. The Morgan fingerprint density at radius 3 is 2.36 bits per heavy atom. The number of ketones is 1. The van der Waals surface area contributed by atoms with Crippen molar-refractivity contribution in [3.05, 3.63) is 0 Å². The number of carboxylic acids is 1. The zero-order valence-corrected chi connectivity index (χ0v) is 6.42. The van der Waals surface area contributed by atoms with Crippen molar-refractivity contribution in [2.24, 2.45) is 5.10 Å². The minimum atomic E-state index is -1.01. The quantitative estimate of drug-likeness (QED) is 0.432. The summed E-state index contributed by atoms with van der Waals surface area (Å²) in [7, 11) is 0. The molecule has 0 aliphatic rings. The van der Waals surface area contributed by atoms with Gasteiger partial charge in [0.15, 0.2) is 5.78 Å². The topological polar surface area (TPSA) is 78.8 Å². The van der Waals surface area contributed by atoms with E-state index in [1.165, 1.54) is 13.8 Å². The molecule has 0 atom stereocenters. The van der Waals surface area contributed by atoms with E-state index >= 15 is 0 Å². The third-order valence-corrected chi connectivity index (χ3v) is 0.987. The highest BCUT2D eigenvalue weighted by atomic mass is 16.4. The lowest BCUT2D eigenvalue weighted by Gasteiger charge is -1.95. The van der Waals surface area contributed by atoms with Crippen LogP contribution in [0, 0.1) is 0 Å². The molecule has 0 rings (SSSR count). The van der Waals surface area contributed by atoms with Gasteiger partial charge in [-0.25, -0.2) is 0 Å². The fraction of sp³-hybridized carbons (Fsp3) is 0.500. The summed E-state index contributed by atoms with van der Waals surface area (Å²) in [5, 5.41) is 11.6. The molecule has 5 nitrogen and oxygen atoms in total. The minimum absolute atomic E-state index is 0.178. The average Bonchev–Trinajstić information content (AvgIpc) is 1.86. The molecule has 0 fully saturated rings. The summed E-state index contributed by atoms with van der Waals surface area (Å²) in [4.78, 5) is 20.4. The van der Waals surface area contributed by atoms with Crippen molar-refractivity contribution in [1.29, 1.82) is 0 Å². The monoisotopic (exact) mass is 158 g/mol. The Morgan fingerprint density at radius 2 is 2.00 bits per heavy atom. The van der Waals surface area contributed by atoms with E-state index in [-0.39, 0.29) is 18.0 Å². The molecule has 5 heteroatoms. The van der Waals surface area contributed by atoms with Crippen LogP contribution < -0.4 is 5.43 Å². The second-order valence-electron chi connectivity index (χ2n) is 1.98. The standard InChI is InChI=1S/C6H10N2O3/c1-4(5(2)9)8-7-3-6(10)11/h7H,3H2,1-2H3,(H,10,11)/b8-4+. The number of aliphatic carboxylic acids is 1. The molecule has 0 heterocycles. The number of carboxylic acid groups (broad SMARTS) is 1. The molecule has 0 aromatic heterocycles. The number of carbonyl (C=O) groups is 2. The Balaban J connectivity index is 3.74. The molecule has 0 unspecified atom stereocenters. The first-order valence-corrected chi connectivity index (χ1v) is 3.04. The third-order valence-electron chi connectivity index (χ3n) is 0.987. The fourth-order valence-corrected chi connectivity index (χ4v) is 0.304. The van der Waals surface area contributed by atoms with Gasteiger partial charge in [0.05, 0.1) is 5.71 Å². The van der Waals surface area contributed by atoms with Gasteiger partial charge < -0.3 is 5.11 Å². The summed E-state index contributed by atoms with van der Waals surface area (Å²) in [5.41, 5.74) is 2.50. The molecule has 0 aromatic rings. The van der Waals surface area contributed by atoms with Gasteiger partial charge in [-0.3, -0.25) is 15.0 Å². The highest BCUT2D eigenvalue weighted by Gasteiger charge is 1.97. The highest BCUT2D eigenvalue weighted by Crippen LogP contribution is 1.76. The third kappa shape index (κ3) is 5.07. The SMILES string of the molecule is CC(=O)/C(C)=N/NCC(=O)O. The van der Waals surface area contributed by atoms with Crippen molar-refractivity contribution >= 4 is 17.5 Å². The van der Waals surface area contributed by atoms with E-state index in [1.807, 2.05) is 0 Å². The van der Waals surface area contributed by atoms with Crippen LogP contribution in [0.3, 0.4) is 0 Å². The molecule has 11 heavy (non-hydrogen) atoms. The molecule has 2 N–H and O–H groups in total. The van der Waals surface area contributed by atoms with Crippen LogP contribution in [-0.4, -0.2) is 29.1 Å². The van der Waals surface area contributed by atoms with Crippen LogP contribution >= 0.6 is 0 Å². The van der Waals surface area contributed by atoms with Gasteiger partial charge in [0.2, 0.25) is 0 Å². The maximum Gasteiger partial charge on any atom is 0.324 e. The van der Waals surface area contributed by atoms with E-state index in [0.717, 1.165) is 0 Å². The summed E-state index contributed by atoms with van der Waals surface area (Å²) in [6.45, 7) is 2.60. The van der Waals surface area contributed by atoms with Gasteiger partial charge in [-0.05, 0) is 6.92 Å². The van der Waals surface area contributed by atoms with Crippen molar-refractivity contribution in [2.75, 3.05) is 6.54 Å². The molecule has 62 valence electrons. The van der Waals surface area contributed by atoms with Gasteiger partial charge in [0.1, 0.15) is 6.54 Å². The smallest absolute Gasteiger partial charge is 0.324 e. The first-order valence-electron chi connectivity index (χ1n) is 3.04. The zero-order valence-electron chi connectivity index (χ0n) is 6.42. The van der Waals surface area contributed by atoms with E-state index in [1.54, 1.807) is 0 Å². The summed E-state index contributed by atoms with van der Waals surface area (Å²) in [6, 6.07) is 0. The number of nitrogens with one attached hydrogen (secondary N) is 1. The van der Waals surface area contributed by atoms with Gasteiger partial charge in [-0.15, -0.1) is 0 Å². The van der Waals surface area contributed by atoms with E-state index < -0.39 is 5.97 Å². The zero-order chi connectivity index (χ0) is 8.85. The lowest BCUT2D eigenvalue weighted by Crippen LogP contribution is -2.20. The minimum Gasteiger partial charge on any atom is -0.480 e. The maximum absolute atomic E-state index is 10.5. The largest absolute Gasteiger partial charge is 0.480 e. The second-order valence-corrected chi connectivity index (χ2v) is 1.98. The number of carbonyl (C=O) groups excluding carboxylic acids is 1. The Labute approximate surface area is 64.1 Å². The summed E-state index contributed by atoms with van der Waals surface area (Å²) in [5.74, 6) is -1.19. The highest BCUT2D eigenvalue weighted by molar-refractivity contribution is 6.37. The number of rotatable bonds is 4. The Kier molecular flexibility index (Phi) is 3.87. The fourth-order valence-electron chi connectivity index (χ4n) is 0.304. The van der Waals surface area contributed by atoms with Crippen molar-refractivity contribution < 1.29 is 14.7 Å². The van der Waals surface area contributed by atoms with Crippen LogP contribution in [0.5, 0.6) is 0 Å². The summed E-state index contributed by atoms with van der Waals surface area (Å²) in [6.07, 6.45) is 0. The Hall–Kier alpha value is -1.39. The average molecular weight is 158 g/mol. The summed E-state index contributed by atoms with van der Waals surface area (Å²) >= 11 is 0. The van der Waals surface area contributed by atoms with Crippen LogP contribution in [0.4, 0.5) is 0 Å². The van der Waals surface area contributed by atoms with Gasteiger partial charge in [0, 0.05) is 6.92 Å². The Morgan fingerprint density at radius 1 is 1.45 bits per heavy atom. The molecule has 0 bridgehead atoms. The van der Waals surface area contributed by atoms with Gasteiger partial charge in [0.25, 0.3) is 0 Å². The van der Waals surface area contributed by atoms with Crippen molar-refractivity contribution in [1.82, 2.24) is 5.43 Å². The molecular formula is C6H10N2O3. The number of hydrazone groups is 1. The van der Waals surface area contributed by atoms with Gasteiger partial charge in [-0.2, -0.15) is 5.10 Å². The van der Waals surface area contributed by atoms with Crippen LogP contribution in [-0.2, 0) is 9.59 Å². The number of Topliss-reactive ketones (excluding diaryl/α,β-unsaturated/α-hetero) is 1. The van der Waals surface area contributed by atoms with E-state index in [2.05, 4.69) is 10.5 Å². The first kappa shape index (κ1) is 9.61. The normalized spacial score (nSPS) is 10.9.